The molecule has 1 N–H and O–H groups in total. The van der Waals surface area contributed by atoms with Crippen molar-refractivity contribution in [1.82, 2.24) is 0 Å². The number of ether oxygens (including phenoxy) is 4. The SMILES string of the molecule is O=S(=O)(O)/N=C/C1C[C@H](OCc2ccccc2)[C@@H](OCc2ccccc2)[C@H](OCc2ccccc2)[C@H]1COCc1ccccc1. The third-order valence-corrected chi connectivity index (χ3v) is 8.24. The molecule has 0 bridgehead atoms. The Balaban J connectivity index is 1.46. The summed E-state index contributed by atoms with van der Waals surface area (Å²) in [4.78, 5) is 0. The van der Waals surface area contributed by atoms with Gasteiger partial charge in [0.05, 0.1) is 45.2 Å². The van der Waals surface area contributed by atoms with Gasteiger partial charge in [-0.1, -0.05) is 121 Å². The van der Waals surface area contributed by atoms with Crippen molar-refractivity contribution < 1.29 is 31.9 Å². The molecule has 1 aliphatic carbocycles. The van der Waals surface area contributed by atoms with Gasteiger partial charge in [0.25, 0.3) is 0 Å². The van der Waals surface area contributed by atoms with Crippen LogP contribution in [0.25, 0.3) is 0 Å². The zero-order valence-corrected chi connectivity index (χ0v) is 25.8. The first-order valence-corrected chi connectivity index (χ1v) is 16.5. The van der Waals surface area contributed by atoms with Gasteiger partial charge in [-0.05, 0) is 28.7 Å². The van der Waals surface area contributed by atoms with Crippen molar-refractivity contribution in [3.63, 3.8) is 0 Å². The van der Waals surface area contributed by atoms with Gasteiger partial charge in [-0.2, -0.15) is 12.8 Å². The summed E-state index contributed by atoms with van der Waals surface area (Å²) in [6, 6.07) is 39.4. The lowest BCUT2D eigenvalue weighted by Gasteiger charge is -2.45. The van der Waals surface area contributed by atoms with Gasteiger partial charge in [-0.3, -0.25) is 4.55 Å². The molecule has 8 nitrogen and oxygen atoms in total. The summed E-state index contributed by atoms with van der Waals surface area (Å²) in [5.41, 5.74) is 4.00. The normalized spacial score (nSPS) is 22.0. The van der Waals surface area contributed by atoms with E-state index in [1.807, 2.05) is 121 Å². The van der Waals surface area contributed by atoms with Gasteiger partial charge in [-0.25, -0.2) is 0 Å². The average Bonchev–Trinajstić information content (AvgIpc) is 3.07. The summed E-state index contributed by atoms with van der Waals surface area (Å²) in [7, 11) is -4.60. The molecule has 4 aromatic rings. The Bertz CT molecular complexity index is 1550. The maximum absolute atomic E-state index is 11.7. The van der Waals surface area contributed by atoms with Crippen LogP contribution in [0.5, 0.6) is 0 Å². The zero-order chi connectivity index (χ0) is 31.3. The van der Waals surface area contributed by atoms with E-state index in [0.717, 1.165) is 22.3 Å². The van der Waals surface area contributed by atoms with Gasteiger partial charge >= 0.3 is 10.3 Å². The minimum atomic E-state index is -4.60. The Labute approximate surface area is 265 Å². The Hall–Kier alpha value is -3.70. The quantitative estimate of drug-likeness (QED) is 0.119. The molecule has 45 heavy (non-hydrogen) atoms. The second-order valence-electron chi connectivity index (χ2n) is 11.1. The highest BCUT2D eigenvalue weighted by atomic mass is 32.2. The predicted octanol–water partition coefficient (Wildman–Crippen LogP) is 6.47. The van der Waals surface area contributed by atoms with Gasteiger partial charge in [0, 0.05) is 18.1 Å². The zero-order valence-electron chi connectivity index (χ0n) is 25.0. The molecular weight excluding hydrogens is 590 g/mol. The lowest BCUT2D eigenvalue weighted by atomic mass is 9.74. The molecular formula is C36H39NO7S. The molecule has 0 heterocycles. The first-order valence-electron chi connectivity index (χ1n) is 15.1. The van der Waals surface area contributed by atoms with Crippen LogP contribution in [-0.4, -0.2) is 44.1 Å². The molecule has 0 amide bonds. The van der Waals surface area contributed by atoms with Gasteiger partial charge in [0.2, 0.25) is 0 Å². The predicted molar refractivity (Wildman–Crippen MR) is 173 cm³/mol. The van der Waals surface area contributed by atoms with E-state index in [1.165, 1.54) is 6.21 Å². The van der Waals surface area contributed by atoms with Crippen LogP contribution in [0.2, 0.25) is 0 Å². The van der Waals surface area contributed by atoms with E-state index in [-0.39, 0.29) is 12.5 Å². The van der Waals surface area contributed by atoms with Crippen molar-refractivity contribution in [3.05, 3.63) is 144 Å². The molecule has 1 fully saturated rings. The fraction of sp³-hybridized carbons (Fsp3) is 0.306. The summed E-state index contributed by atoms with van der Waals surface area (Å²) in [6.45, 7) is 1.59. The van der Waals surface area contributed by atoms with E-state index < -0.39 is 34.5 Å². The minimum Gasteiger partial charge on any atom is -0.376 e. The number of nitrogens with zero attached hydrogens (tertiary/aromatic N) is 1. The molecule has 0 aromatic heterocycles. The Morgan fingerprint density at radius 3 is 1.51 bits per heavy atom. The van der Waals surface area contributed by atoms with Crippen molar-refractivity contribution in [2.24, 2.45) is 16.2 Å². The Kier molecular flexibility index (Phi) is 12.0. The molecule has 0 aliphatic heterocycles. The Morgan fingerprint density at radius 1 is 0.622 bits per heavy atom. The summed E-state index contributed by atoms with van der Waals surface area (Å²) in [5.74, 6) is -0.818. The summed E-state index contributed by atoms with van der Waals surface area (Å²) in [6.07, 6.45) is 0.126. The maximum Gasteiger partial charge on any atom is 0.378 e. The number of hydrogen-bond acceptors (Lipinski definition) is 6. The van der Waals surface area contributed by atoms with E-state index in [0.29, 0.717) is 32.8 Å². The van der Waals surface area contributed by atoms with Crippen LogP contribution in [0.1, 0.15) is 28.7 Å². The molecule has 5 atom stereocenters. The van der Waals surface area contributed by atoms with E-state index in [2.05, 4.69) is 4.40 Å². The molecule has 236 valence electrons. The average molecular weight is 630 g/mol. The number of hydrogen-bond donors (Lipinski definition) is 1. The second-order valence-corrected chi connectivity index (χ2v) is 12.2. The third-order valence-electron chi connectivity index (χ3n) is 7.85. The lowest BCUT2D eigenvalue weighted by molar-refractivity contribution is -0.201. The fourth-order valence-electron chi connectivity index (χ4n) is 5.60. The van der Waals surface area contributed by atoms with Crippen LogP contribution in [-0.2, 0) is 55.7 Å². The topological polar surface area (TPSA) is 104 Å². The standard InChI is InChI=1S/C36H39NO7S/c38-45(39,40)37-22-32-21-34(42-24-29-15-7-2-8-16-29)36(44-26-31-19-11-4-12-20-31)35(43-25-30-17-9-3-10-18-30)33(32)27-41-23-28-13-5-1-6-14-28/h1-20,22,32-36H,21,23-27H2,(H,38,39,40)/b37-22+/t32?,33-,34-,35+,36+/m0/s1. The van der Waals surface area contributed by atoms with E-state index in [1.54, 1.807) is 0 Å². The maximum atomic E-state index is 11.7. The van der Waals surface area contributed by atoms with E-state index >= 15 is 0 Å². The van der Waals surface area contributed by atoms with Crippen molar-refractivity contribution in [2.75, 3.05) is 6.61 Å². The van der Waals surface area contributed by atoms with Crippen LogP contribution < -0.4 is 0 Å². The van der Waals surface area contributed by atoms with Crippen LogP contribution in [0.15, 0.2) is 126 Å². The third kappa shape index (κ3) is 10.4. The van der Waals surface area contributed by atoms with Crippen LogP contribution in [0.3, 0.4) is 0 Å². The largest absolute Gasteiger partial charge is 0.378 e. The summed E-state index contributed by atoms with van der Waals surface area (Å²) in [5, 5.41) is 0. The highest BCUT2D eigenvalue weighted by molar-refractivity contribution is 7.84. The second kappa shape index (κ2) is 16.6. The van der Waals surface area contributed by atoms with Crippen LogP contribution >= 0.6 is 0 Å². The molecule has 4 aromatic carbocycles. The van der Waals surface area contributed by atoms with Crippen molar-refractivity contribution in [1.29, 1.82) is 0 Å². The van der Waals surface area contributed by atoms with Crippen LogP contribution in [0, 0.1) is 11.8 Å². The van der Waals surface area contributed by atoms with Gasteiger partial charge in [0.1, 0.15) is 6.10 Å². The molecule has 0 saturated heterocycles. The molecule has 0 spiro atoms. The minimum absolute atomic E-state index is 0.243. The molecule has 5 rings (SSSR count). The molecule has 1 saturated carbocycles. The highest BCUT2D eigenvalue weighted by Crippen LogP contribution is 2.37. The number of rotatable bonds is 15. The first-order chi connectivity index (χ1) is 21.9. The highest BCUT2D eigenvalue weighted by Gasteiger charge is 2.47. The van der Waals surface area contributed by atoms with Gasteiger partial charge < -0.3 is 18.9 Å². The van der Waals surface area contributed by atoms with Gasteiger partial charge in [0.15, 0.2) is 0 Å². The molecule has 0 radical (unpaired) electrons. The van der Waals surface area contributed by atoms with Crippen molar-refractivity contribution in [2.45, 2.75) is 51.2 Å². The van der Waals surface area contributed by atoms with E-state index in [9.17, 15) is 13.0 Å². The van der Waals surface area contributed by atoms with E-state index in [4.69, 9.17) is 18.9 Å². The smallest absolute Gasteiger partial charge is 0.376 e. The van der Waals surface area contributed by atoms with Crippen molar-refractivity contribution >= 4 is 16.5 Å². The lowest BCUT2D eigenvalue weighted by Crippen LogP contribution is -2.55. The molecule has 1 aliphatic rings. The summed E-state index contributed by atoms with van der Waals surface area (Å²) >= 11 is 0. The number of benzene rings is 4. The first kappa shape index (κ1) is 32.7. The Morgan fingerprint density at radius 2 is 1.04 bits per heavy atom. The fourth-order valence-corrected chi connectivity index (χ4v) is 5.91. The molecule has 1 unspecified atom stereocenters. The molecule has 9 heteroatoms. The van der Waals surface area contributed by atoms with Crippen molar-refractivity contribution in [3.8, 4) is 0 Å². The van der Waals surface area contributed by atoms with Gasteiger partial charge in [-0.15, -0.1) is 0 Å². The summed E-state index contributed by atoms with van der Waals surface area (Å²) < 4.78 is 62.5. The van der Waals surface area contributed by atoms with Crippen LogP contribution in [0.4, 0.5) is 0 Å². The monoisotopic (exact) mass is 629 g/mol.